The molecule has 0 aliphatic rings. The Morgan fingerprint density at radius 1 is 1.12 bits per heavy atom. The predicted octanol–water partition coefficient (Wildman–Crippen LogP) is 3.18. The number of aryl methyl sites for hydroxylation is 2. The van der Waals surface area contributed by atoms with Crippen molar-refractivity contribution in [2.45, 2.75) is 34.6 Å². The predicted molar refractivity (Wildman–Crippen MR) is 98.8 cm³/mol. The Balaban J connectivity index is 0.00000100. The summed E-state index contributed by atoms with van der Waals surface area (Å²) in [4.78, 5) is 22.0. The lowest BCUT2D eigenvalue weighted by molar-refractivity contribution is 0.863. The molecule has 0 fully saturated rings. The molecule has 0 amide bonds. The number of pyridine rings is 1. The van der Waals surface area contributed by atoms with E-state index in [1.807, 2.05) is 47.0 Å². The van der Waals surface area contributed by atoms with Gasteiger partial charge in [0.05, 0.1) is 17.4 Å². The van der Waals surface area contributed by atoms with E-state index in [-0.39, 0.29) is 5.69 Å². The largest absolute Gasteiger partial charge is 0.360 e. The number of anilines is 1. The van der Waals surface area contributed by atoms with Gasteiger partial charge in [-0.2, -0.15) is 4.98 Å². The molecule has 0 saturated carbocycles. The zero-order valence-electron chi connectivity index (χ0n) is 15.2. The molecule has 6 nitrogen and oxygen atoms in total. The van der Waals surface area contributed by atoms with Crippen LogP contribution in [0, 0.1) is 13.8 Å². The molecule has 3 aromatic rings. The highest BCUT2D eigenvalue weighted by Gasteiger charge is 2.12. The van der Waals surface area contributed by atoms with E-state index in [0.717, 1.165) is 40.3 Å². The molecular weight excluding hydrogens is 302 g/mol. The van der Waals surface area contributed by atoms with Gasteiger partial charge in [0.2, 0.25) is 0 Å². The van der Waals surface area contributed by atoms with Gasteiger partial charge in [0, 0.05) is 25.4 Å². The number of hydrogen-bond acceptors (Lipinski definition) is 4. The van der Waals surface area contributed by atoms with Crippen LogP contribution in [-0.2, 0) is 0 Å². The van der Waals surface area contributed by atoms with Crippen molar-refractivity contribution in [2.75, 3.05) is 18.5 Å². The highest BCUT2D eigenvalue weighted by Crippen LogP contribution is 2.27. The van der Waals surface area contributed by atoms with Crippen LogP contribution in [0.3, 0.4) is 0 Å². The van der Waals surface area contributed by atoms with Gasteiger partial charge in [-0.05, 0) is 44.0 Å². The third-order valence-corrected chi connectivity index (χ3v) is 3.93. The van der Waals surface area contributed by atoms with E-state index in [9.17, 15) is 4.79 Å². The number of hydrogen-bond donors (Lipinski definition) is 1. The number of aromatic nitrogens is 4. The highest BCUT2D eigenvalue weighted by molar-refractivity contribution is 5.70. The summed E-state index contributed by atoms with van der Waals surface area (Å²) >= 11 is 0. The molecule has 0 bridgehead atoms. The maximum Gasteiger partial charge on any atom is 0.360 e. The van der Waals surface area contributed by atoms with Gasteiger partial charge >= 0.3 is 5.69 Å². The topological polar surface area (TPSA) is 66.3 Å². The minimum Gasteiger partial charge on any atom is -0.360 e. The second-order valence-electron chi connectivity index (χ2n) is 5.49. The average Bonchev–Trinajstić information content (AvgIpc) is 2.92. The third kappa shape index (κ3) is 3.18. The summed E-state index contributed by atoms with van der Waals surface area (Å²) in [6.45, 7) is 11.0. The Bertz CT molecular complexity index is 894. The van der Waals surface area contributed by atoms with Crippen molar-refractivity contribution in [3.8, 4) is 11.3 Å². The van der Waals surface area contributed by atoms with Crippen LogP contribution in [0.25, 0.3) is 16.8 Å². The van der Waals surface area contributed by atoms with Gasteiger partial charge in [0.15, 0.2) is 0 Å². The molecule has 24 heavy (non-hydrogen) atoms. The Morgan fingerprint density at radius 2 is 1.83 bits per heavy atom. The van der Waals surface area contributed by atoms with Crippen LogP contribution in [0.1, 0.15) is 31.9 Å². The van der Waals surface area contributed by atoms with E-state index in [4.69, 9.17) is 0 Å². The normalized spacial score (nSPS) is 10.4. The lowest BCUT2D eigenvalue weighted by atomic mass is 10.1. The molecular formula is C18H25N5O. The van der Waals surface area contributed by atoms with Gasteiger partial charge in [0.1, 0.15) is 5.82 Å². The zero-order chi connectivity index (χ0) is 17.9. The first-order valence-electron chi connectivity index (χ1n) is 8.26. The number of nitrogens with one attached hydrogen (secondary N) is 1. The number of H-pyrrole nitrogens is 1. The van der Waals surface area contributed by atoms with Crippen molar-refractivity contribution in [1.29, 1.82) is 0 Å². The van der Waals surface area contributed by atoms with Crippen LogP contribution >= 0.6 is 0 Å². The minimum absolute atomic E-state index is 0.364. The SMILES string of the molecule is CC.CCN(C)c1ncc(-c2cc(C)c3cnc(=O)[nH]n23)cc1C. The monoisotopic (exact) mass is 327 g/mol. The number of fused-ring (bicyclic) bond motifs is 1. The summed E-state index contributed by atoms with van der Waals surface area (Å²) in [5, 5.41) is 2.76. The van der Waals surface area contributed by atoms with Gasteiger partial charge in [-0.1, -0.05) is 13.8 Å². The fraction of sp³-hybridized carbons (Fsp3) is 0.389. The van der Waals surface area contributed by atoms with Crippen LogP contribution in [0.5, 0.6) is 0 Å². The van der Waals surface area contributed by atoms with E-state index < -0.39 is 0 Å². The molecule has 3 rings (SSSR count). The average molecular weight is 327 g/mol. The Morgan fingerprint density at radius 3 is 2.46 bits per heavy atom. The first-order valence-corrected chi connectivity index (χ1v) is 8.26. The van der Waals surface area contributed by atoms with Crippen molar-refractivity contribution in [2.24, 2.45) is 0 Å². The van der Waals surface area contributed by atoms with Gasteiger partial charge in [0.25, 0.3) is 0 Å². The Hall–Kier alpha value is -2.63. The number of nitrogens with zero attached hydrogens (tertiary/aromatic N) is 4. The summed E-state index contributed by atoms with van der Waals surface area (Å²) < 4.78 is 1.77. The van der Waals surface area contributed by atoms with Crippen LogP contribution in [0.2, 0.25) is 0 Å². The summed E-state index contributed by atoms with van der Waals surface area (Å²) in [7, 11) is 2.02. The van der Waals surface area contributed by atoms with Crippen molar-refractivity contribution < 1.29 is 0 Å². The lowest BCUT2D eigenvalue weighted by Gasteiger charge is -2.18. The lowest BCUT2D eigenvalue weighted by Crippen LogP contribution is -2.18. The summed E-state index contributed by atoms with van der Waals surface area (Å²) in [6.07, 6.45) is 3.44. The molecule has 3 aromatic heterocycles. The molecule has 128 valence electrons. The zero-order valence-corrected chi connectivity index (χ0v) is 15.2. The Kier molecular flexibility index (Phi) is 5.39. The van der Waals surface area contributed by atoms with Crippen LogP contribution in [0.15, 0.2) is 29.3 Å². The molecule has 0 spiro atoms. The van der Waals surface area contributed by atoms with E-state index in [0.29, 0.717) is 0 Å². The van der Waals surface area contributed by atoms with Crippen molar-refractivity contribution in [1.82, 2.24) is 19.6 Å². The minimum atomic E-state index is -0.364. The third-order valence-electron chi connectivity index (χ3n) is 3.93. The number of aromatic amines is 1. The first kappa shape index (κ1) is 17.7. The molecule has 0 aliphatic carbocycles. The maximum atomic E-state index is 11.5. The quantitative estimate of drug-likeness (QED) is 0.802. The van der Waals surface area contributed by atoms with Gasteiger partial charge in [-0.3, -0.25) is 0 Å². The molecule has 1 N–H and O–H groups in total. The van der Waals surface area contributed by atoms with Crippen LogP contribution in [0.4, 0.5) is 5.82 Å². The molecule has 0 aliphatic heterocycles. The van der Waals surface area contributed by atoms with Crippen molar-refractivity contribution >= 4 is 11.3 Å². The number of rotatable bonds is 3. The van der Waals surface area contributed by atoms with Crippen molar-refractivity contribution in [3.63, 3.8) is 0 Å². The van der Waals surface area contributed by atoms with E-state index in [1.165, 1.54) is 0 Å². The van der Waals surface area contributed by atoms with E-state index >= 15 is 0 Å². The molecule has 6 heteroatoms. The van der Waals surface area contributed by atoms with Gasteiger partial charge in [-0.25, -0.2) is 19.4 Å². The molecule has 3 heterocycles. The molecule has 0 radical (unpaired) electrons. The second-order valence-corrected chi connectivity index (χ2v) is 5.49. The fourth-order valence-electron chi connectivity index (χ4n) is 2.64. The summed E-state index contributed by atoms with van der Waals surface area (Å²) in [6, 6.07) is 4.13. The van der Waals surface area contributed by atoms with Gasteiger partial charge < -0.3 is 4.90 Å². The molecule has 0 aromatic carbocycles. The standard InChI is InChI=1S/C16H19N5O.C2H6/c1-5-20(4)15-11(3)6-12(8-17-15)13-7-10(2)14-9-18-16(22)19-21(13)14;1-2/h6-9H,5H2,1-4H3,(H,19,22);1-2H3. The molecule has 0 atom stereocenters. The maximum absolute atomic E-state index is 11.5. The highest BCUT2D eigenvalue weighted by atomic mass is 16.1. The molecule has 0 saturated heterocycles. The van der Waals surface area contributed by atoms with Gasteiger partial charge in [-0.15, -0.1) is 0 Å². The van der Waals surface area contributed by atoms with Crippen LogP contribution < -0.4 is 10.6 Å². The summed E-state index contributed by atoms with van der Waals surface area (Å²) in [5.74, 6) is 0.971. The van der Waals surface area contributed by atoms with Crippen LogP contribution in [-0.4, -0.2) is 33.2 Å². The Labute approximate surface area is 142 Å². The molecule has 0 unspecified atom stereocenters. The van der Waals surface area contributed by atoms with E-state index in [1.54, 1.807) is 10.7 Å². The fourth-order valence-corrected chi connectivity index (χ4v) is 2.64. The summed E-state index contributed by atoms with van der Waals surface area (Å²) in [5.41, 5.74) is 4.57. The van der Waals surface area contributed by atoms with Crippen molar-refractivity contribution in [3.05, 3.63) is 46.1 Å². The first-order chi connectivity index (χ1) is 11.5. The second kappa shape index (κ2) is 7.29. The van der Waals surface area contributed by atoms with E-state index in [2.05, 4.69) is 33.0 Å². The smallest absolute Gasteiger partial charge is 0.360 e.